The van der Waals surface area contributed by atoms with Crippen LogP contribution in [0.25, 0.3) is 0 Å². The highest BCUT2D eigenvalue weighted by Crippen LogP contribution is 2.24. The number of benzene rings is 2. The van der Waals surface area contributed by atoms with Crippen LogP contribution in [-0.2, 0) is 0 Å². The molecule has 4 heteroatoms. The van der Waals surface area contributed by atoms with Crippen LogP contribution >= 0.6 is 11.8 Å². The quantitative estimate of drug-likeness (QED) is 0.787. The Morgan fingerprint density at radius 1 is 1.04 bits per heavy atom. The molecule has 2 aromatic carbocycles. The van der Waals surface area contributed by atoms with Gasteiger partial charge in [-0.2, -0.15) is 0 Å². The van der Waals surface area contributed by atoms with Crippen molar-refractivity contribution in [1.29, 1.82) is 0 Å². The number of ether oxygens (including phenoxy) is 1. The molecule has 0 heterocycles. The van der Waals surface area contributed by atoms with Gasteiger partial charge in [0, 0.05) is 16.1 Å². The number of thioether (sulfide) groups is 1. The molecule has 1 saturated carbocycles. The molecule has 0 spiro atoms. The summed E-state index contributed by atoms with van der Waals surface area (Å²) in [5.74, 6) is 0.743. The predicted molar refractivity (Wildman–Crippen MR) is 95.5 cm³/mol. The molecule has 3 nitrogen and oxygen atoms in total. The normalized spacial score (nSPS) is 14.7. The van der Waals surface area contributed by atoms with Crippen LogP contribution in [0.15, 0.2) is 53.4 Å². The molecule has 0 unspecified atom stereocenters. The summed E-state index contributed by atoms with van der Waals surface area (Å²) in [6, 6.07) is 15.2. The number of carbonyl (C=O) groups is 1. The summed E-state index contributed by atoms with van der Waals surface area (Å²) >= 11 is 1.68. The Morgan fingerprint density at radius 2 is 1.70 bits per heavy atom. The first-order valence-corrected chi connectivity index (χ1v) is 9.19. The van der Waals surface area contributed by atoms with E-state index < -0.39 is 0 Å². The number of hydrogen-bond acceptors (Lipinski definition) is 3. The standard InChI is InChI=1S/C19H21NO2S/c1-23-18-12-8-15(9-13-18)20-19(21)14-6-10-17(11-7-14)22-16-4-2-3-5-16/h6-13,16H,2-5H2,1H3,(H,20,21). The highest BCUT2D eigenvalue weighted by atomic mass is 32.2. The Kier molecular flexibility index (Phi) is 5.23. The summed E-state index contributed by atoms with van der Waals surface area (Å²) in [5.41, 5.74) is 1.44. The van der Waals surface area contributed by atoms with Crippen molar-refractivity contribution in [2.24, 2.45) is 0 Å². The molecule has 1 fully saturated rings. The van der Waals surface area contributed by atoms with Gasteiger partial charge in [0.1, 0.15) is 5.75 Å². The van der Waals surface area contributed by atoms with E-state index in [1.54, 1.807) is 11.8 Å². The van der Waals surface area contributed by atoms with Gasteiger partial charge in [-0.05, 0) is 80.5 Å². The number of anilines is 1. The minimum absolute atomic E-state index is 0.102. The molecule has 23 heavy (non-hydrogen) atoms. The van der Waals surface area contributed by atoms with E-state index in [-0.39, 0.29) is 5.91 Å². The molecule has 1 amide bonds. The molecule has 0 radical (unpaired) electrons. The van der Waals surface area contributed by atoms with Crippen molar-refractivity contribution in [1.82, 2.24) is 0 Å². The molecule has 0 atom stereocenters. The zero-order valence-corrected chi connectivity index (χ0v) is 14.1. The lowest BCUT2D eigenvalue weighted by atomic mass is 10.2. The second-order valence-corrected chi connectivity index (χ2v) is 6.61. The Hall–Kier alpha value is -1.94. The fourth-order valence-electron chi connectivity index (χ4n) is 2.76. The molecule has 2 aromatic rings. The van der Waals surface area contributed by atoms with Crippen LogP contribution in [0.1, 0.15) is 36.0 Å². The largest absolute Gasteiger partial charge is 0.490 e. The van der Waals surface area contributed by atoms with E-state index in [9.17, 15) is 4.79 Å². The van der Waals surface area contributed by atoms with Crippen molar-refractivity contribution in [3.8, 4) is 5.75 Å². The summed E-state index contributed by atoms with van der Waals surface area (Å²) < 4.78 is 5.92. The first-order chi connectivity index (χ1) is 11.2. The van der Waals surface area contributed by atoms with Gasteiger partial charge in [-0.25, -0.2) is 0 Å². The second kappa shape index (κ2) is 7.55. The Morgan fingerprint density at radius 3 is 2.30 bits per heavy atom. The van der Waals surface area contributed by atoms with Gasteiger partial charge in [0.2, 0.25) is 0 Å². The lowest BCUT2D eigenvalue weighted by Gasteiger charge is -2.13. The molecule has 0 saturated heterocycles. The zero-order valence-electron chi connectivity index (χ0n) is 13.2. The van der Waals surface area contributed by atoms with Gasteiger partial charge in [-0.1, -0.05) is 0 Å². The Balaban J connectivity index is 1.60. The molecular weight excluding hydrogens is 306 g/mol. The van der Waals surface area contributed by atoms with E-state index >= 15 is 0 Å². The van der Waals surface area contributed by atoms with Crippen molar-refractivity contribution in [3.63, 3.8) is 0 Å². The second-order valence-electron chi connectivity index (χ2n) is 5.73. The number of hydrogen-bond donors (Lipinski definition) is 1. The summed E-state index contributed by atoms with van der Waals surface area (Å²) in [5, 5.41) is 2.91. The van der Waals surface area contributed by atoms with Crippen molar-refractivity contribution in [2.45, 2.75) is 36.7 Å². The minimum atomic E-state index is -0.102. The maximum atomic E-state index is 12.3. The van der Waals surface area contributed by atoms with E-state index in [1.165, 1.54) is 17.7 Å². The van der Waals surface area contributed by atoms with Crippen molar-refractivity contribution < 1.29 is 9.53 Å². The molecule has 1 aliphatic rings. The predicted octanol–water partition coefficient (Wildman–Crippen LogP) is 4.98. The average molecular weight is 327 g/mol. The van der Waals surface area contributed by atoms with Gasteiger partial charge >= 0.3 is 0 Å². The lowest BCUT2D eigenvalue weighted by molar-refractivity contribution is 0.102. The van der Waals surface area contributed by atoms with Crippen LogP contribution in [0.4, 0.5) is 5.69 Å². The summed E-state index contributed by atoms with van der Waals surface area (Å²) in [7, 11) is 0. The maximum Gasteiger partial charge on any atom is 0.255 e. The van der Waals surface area contributed by atoms with Crippen LogP contribution in [0.3, 0.4) is 0 Å². The number of carbonyl (C=O) groups excluding carboxylic acids is 1. The van der Waals surface area contributed by atoms with Crippen molar-refractivity contribution in [3.05, 3.63) is 54.1 Å². The third-order valence-electron chi connectivity index (χ3n) is 4.07. The van der Waals surface area contributed by atoms with Crippen LogP contribution in [-0.4, -0.2) is 18.3 Å². The third kappa shape index (κ3) is 4.29. The topological polar surface area (TPSA) is 38.3 Å². The molecule has 0 aromatic heterocycles. The van der Waals surface area contributed by atoms with Gasteiger partial charge in [0.15, 0.2) is 0 Å². The first-order valence-electron chi connectivity index (χ1n) is 7.97. The number of nitrogens with one attached hydrogen (secondary N) is 1. The zero-order chi connectivity index (χ0) is 16.1. The van der Waals surface area contributed by atoms with Gasteiger partial charge in [-0.3, -0.25) is 4.79 Å². The highest BCUT2D eigenvalue weighted by Gasteiger charge is 2.16. The molecular formula is C19H21NO2S. The van der Waals surface area contributed by atoms with E-state index in [0.717, 1.165) is 24.3 Å². The number of amides is 1. The van der Waals surface area contributed by atoms with Gasteiger partial charge in [-0.15, -0.1) is 11.8 Å². The van der Waals surface area contributed by atoms with E-state index in [0.29, 0.717) is 11.7 Å². The smallest absolute Gasteiger partial charge is 0.255 e. The van der Waals surface area contributed by atoms with E-state index in [2.05, 4.69) is 5.32 Å². The minimum Gasteiger partial charge on any atom is -0.490 e. The maximum absolute atomic E-state index is 12.3. The van der Waals surface area contributed by atoms with Crippen LogP contribution in [0, 0.1) is 0 Å². The summed E-state index contributed by atoms with van der Waals surface area (Å²) in [4.78, 5) is 13.4. The molecule has 0 aliphatic heterocycles. The van der Waals surface area contributed by atoms with Gasteiger partial charge < -0.3 is 10.1 Å². The fourth-order valence-corrected chi connectivity index (χ4v) is 3.17. The SMILES string of the molecule is CSc1ccc(NC(=O)c2ccc(OC3CCCC3)cc2)cc1. The first kappa shape index (κ1) is 15.9. The summed E-state index contributed by atoms with van der Waals surface area (Å²) in [6.07, 6.45) is 7.14. The van der Waals surface area contributed by atoms with Crippen molar-refractivity contribution >= 4 is 23.4 Å². The van der Waals surface area contributed by atoms with Crippen LogP contribution < -0.4 is 10.1 Å². The average Bonchev–Trinajstić information content (AvgIpc) is 3.09. The van der Waals surface area contributed by atoms with Crippen molar-refractivity contribution in [2.75, 3.05) is 11.6 Å². The number of rotatable bonds is 5. The summed E-state index contributed by atoms with van der Waals surface area (Å²) in [6.45, 7) is 0. The molecule has 3 rings (SSSR count). The molecule has 1 N–H and O–H groups in total. The monoisotopic (exact) mass is 327 g/mol. The van der Waals surface area contributed by atoms with Gasteiger partial charge in [0.25, 0.3) is 5.91 Å². The van der Waals surface area contributed by atoms with Gasteiger partial charge in [0.05, 0.1) is 6.10 Å². The third-order valence-corrected chi connectivity index (χ3v) is 4.81. The molecule has 120 valence electrons. The van der Waals surface area contributed by atoms with E-state index in [4.69, 9.17) is 4.74 Å². The fraction of sp³-hybridized carbons (Fsp3) is 0.316. The van der Waals surface area contributed by atoms with Crippen LogP contribution in [0.5, 0.6) is 5.75 Å². The molecule has 0 bridgehead atoms. The lowest BCUT2D eigenvalue weighted by Crippen LogP contribution is -2.13. The van der Waals surface area contributed by atoms with Crippen LogP contribution in [0.2, 0.25) is 0 Å². The Bertz CT molecular complexity index is 646. The van der Waals surface area contributed by atoms with E-state index in [1.807, 2.05) is 54.8 Å². The Labute approximate surface area is 141 Å². The highest BCUT2D eigenvalue weighted by molar-refractivity contribution is 7.98. The molecule has 1 aliphatic carbocycles.